The molecule has 112 valence electrons. The summed E-state index contributed by atoms with van der Waals surface area (Å²) >= 11 is 1.57. The maximum absolute atomic E-state index is 11.6. The van der Waals surface area contributed by atoms with Gasteiger partial charge >= 0.3 is 12.0 Å². The number of carboxylic acids is 1. The number of carbonyl (C=O) groups excluding carboxylic acids is 1. The zero-order valence-corrected chi connectivity index (χ0v) is 12.9. The molecular weight excluding hydrogens is 276 g/mol. The van der Waals surface area contributed by atoms with Gasteiger partial charge in [0.05, 0.1) is 12.5 Å². The van der Waals surface area contributed by atoms with E-state index in [4.69, 9.17) is 5.11 Å². The third kappa shape index (κ3) is 6.56. The van der Waals surface area contributed by atoms with Crippen LogP contribution in [-0.2, 0) is 11.3 Å². The Hall–Kier alpha value is -1.56. The second-order valence-electron chi connectivity index (χ2n) is 5.94. The Bertz CT molecular complexity index is 438. The molecule has 0 aromatic carbocycles. The minimum Gasteiger partial charge on any atom is -0.481 e. The highest BCUT2D eigenvalue weighted by atomic mass is 32.1. The van der Waals surface area contributed by atoms with Crippen LogP contribution in [-0.4, -0.2) is 23.7 Å². The maximum Gasteiger partial charge on any atom is 0.315 e. The van der Waals surface area contributed by atoms with E-state index >= 15 is 0 Å². The molecule has 1 atom stereocenters. The molecule has 0 saturated carbocycles. The lowest BCUT2D eigenvalue weighted by Crippen LogP contribution is -2.40. The summed E-state index contributed by atoms with van der Waals surface area (Å²) in [5.74, 6) is -1.44. The molecule has 0 radical (unpaired) electrons. The van der Waals surface area contributed by atoms with Crippen LogP contribution in [0, 0.1) is 11.3 Å². The van der Waals surface area contributed by atoms with Crippen molar-refractivity contribution in [1.82, 2.24) is 10.6 Å². The molecule has 0 saturated heterocycles. The molecule has 5 nitrogen and oxygen atoms in total. The number of urea groups is 1. The molecule has 0 fully saturated rings. The van der Waals surface area contributed by atoms with Crippen LogP contribution in [0.4, 0.5) is 4.79 Å². The van der Waals surface area contributed by atoms with Crippen molar-refractivity contribution in [2.24, 2.45) is 11.3 Å². The quantitative estimate of drug-likeness (QED) is 0.755. The normalized spacial score (nSPS) is 12.8. The minimum atomic E-state index is -0.876. The monoisotopic (exact) mass is 298 g/mol. The fourth-order valence-corrected chi connectivity index (χ4v) is 2.49. The summed E-state index contributed by atoms with van der Waals surface area (Å²) in [5.41, 5.74) is -0.0851. The zero-order chi connectivity index (χ0) is 15.2. The largest absolute Gasteiger partial charge is 0.481 e. The van der Waals surface area contributed by atoms with Crippen molar-refractivity contribution < 1.29 is 14.7 Å². The highest BCUT2D eigenvalue weighted by Crippen LogP contribution is 2.24. The molecule has 6 heteroatoms. The van der Waals surface area contributed by atoms with Crippen LogP contribution < -0.4 is 10.6 Å². The van der Waals surface area contributed by atoms with E-state index in [9.17, 15) is 9.59 Å². The van der Waals surface area contributed by atoms with E-state index in [2.05, 4.69) is 10.6 Å². The smallest absolute Gasteiger partial charge is 0.315 e. The summed E-state index contributed by atoms with van der Waals surface area (Å²) in [5, 5.41) is 16.4. The molecule has 0 bridgehead atoms. The molecule has 1 aromatic rings. The highest BCUT2D eigenvalue weighted by Gasteiger charge is 2.24. The Balaban J connectivity index is 2.35. The van der Waals surface area contributed by atoms with Gasteiger partial charge in [0, 0.05) is 11.4 Å². The van der Waals surface area contributed by atoms with Crippen molar-refractivity contribution in [2.45, 2.75) is 33.7 Å². The molecule has 2 amide bonds. The Morgan fingerprint density at radius 3 is 2.55 bits per heavy atom. The Kier molecular flexibility index (Phi) is 6.01. The van der Waals surface area contributed by atoms with E-state index in [1.807, 2.05) is 38.3 Å². The highest BCUT2D eigenvalue weighted by molar-refractivity contribution is 7.09. The average Bonchev–Trinajstić information content (AvgIpc) is 2.83. The number of hydrogen-bond donors (Lipinski definition) is 3. The summed E-state index contributed by atoms with van der Waals surface area (Å²) in [6.07, 6.45) is 0.521. The molecule has 0 aliphatic rings. The molecule has 20 heavy (non-hydrogen) atoms. The van der Waals surface area contributed by atoms with Crippen LogP contribution in [0.2, 0.25) is 0 Å². The van der Waals surface area contributed by atoms with Crippen LogP contribution in [0.5, 0.6) is 0 Å². The van der Waals surface area contributed by atoms with E-state index in [0.717, 1.165) is 4.88 Å². The van der Waals surface area contributed by atoms with Crippen LogP contribution in [0.1, 0.15) is 32.1 Å². The summed E-state index contributed by atoms with van der Waals surface area (Å²) in [6.45, 7) is 6.56. The lowest BCUT2D eigenvalue weighted by Gasteiger charge is -2.23. The van der Waals surface area contributed by atoms with Gasteiger partial charge < -0.3 is 15.7 Å². The van der Waals surface area contributed by atoms with Gasteiger partial charge in [-0.15, -0.1) is 11.3 Å². The molecule has 1 aromatic heterocycles. The minimum absolute atomic E-state index is 0.0851. The third-order valence-electron chi connectivity index (χ3n) is 2.72. The molecule has 0 aliphatic carbocycles. The van der Waals surface area contributed by atoms with E-state index in [0.29, 0.717) is 13.0 Å². The van der Waals surface area contributed by atoms with E-state index in [1.54, 1.807) is 11.3 Å². The Morgan fingerprint density at radius 2 is 2.05 bits per heavy atom. The average molecular weight is 298 g/mol. The van der Waals surface area contributed by atoms with Gasteiger partial charge in [-0.25, -0.2) is 4.79 Å². The predicted octanol–water partition coefficient (Wildman–Crippen LogP) is 2.68. The molecule has 0 aliphatic heterocycles. The predicted molar refractivity (Wildman–Crippen MR) is 79.8 cm³/mol. The van der Waals surface area contributed by atoms with Crippen molar-refractivity contribution in [3.05, 3.63) is 22.4 Å². The van der Waals surface area contributed by atoms with E-state index in [-0.39, 0.29) is 18.0 Å². The first kappa shape index (κ1) is 16.5. The van der Waals surface area contributed by atoms with Gasteiger partial charge in [-0.3, -0.25) is 4.79 Å². The Labute approximate surface area is 123 Å². The second kappa shape index (κ2) is 7.28. The lowest BCUT2D eigenvalue weighted by atomic mass is 9.84. The third-order valence-corrected chi connectivity index (χ3v) is 3.60. The number of amides is 2. The van der Waals surface area contributed by atoms with Gasteiger partial charge in [-0.2, -0.15) is 0 Å². The van der Waals surface area contributed by atoms with E-state index in [1.165, 1.54) is 0 Å². The first-order chi connectivity index (χ1) is 9.28. The summed E-state index contributed by atoms with van der Waals surface area (Å²) in [6, 6.07) is 3.52. The molecular formula is C14H22N2O3S. The van der Waals surface area contributed by atoms with Crippen LogP contribution >= 0.6 is 11.3 Å². The number of nitrogens with one attached hydrogen (secondary N) is 2. The van der Waals surface area contributed by atoms with Gasteiger partial charge in [0.1, 0.15) is 0 Å². The van der Waals surface area contributed by atoms with Gasteiger partial charge in [-0.05, 0) is 23.3 Å². The first-order valence-electron chi connectivity index (χ1n) is 6.55. The molecule has 1 rings (SSSR count). The zero-order valence-electron chi connectivity index (χ0n) is 12.1. The topological polar surface area (TPSA) is 78.4 Å². The van der Waals surface area contributed by atoms with Gasteiger partial charge in [0.2, 0.25) is 0 Å². The van der Waals surface area contributed by atoms with Crippen LogP contribution in [0.3, 0.4) is 0 Å². The number of hydrogen-bond acceptors (Lipinski definition) is 3. The lowest BCUT2D eigenvalue weighted by molar-refractivity contribution is -0.142. The molecule has 1 heterocycles. The van der Waals surface area contributed by atoms with Gasteiger partial charge in [-0.1, -0.05) is 26.8 Å². The summed E-state index contributed by atoms with van der Waals surface area (Å²) in [7, 11) is 0. The van der Waals surface area contributed by atoms with Crippen molar-refractivity contribution in [3.63, 3.8) is 0 Å². The van der Waals surface area contributed by atoms with Gasteiger partial charge in [0.25, 0.3) is 0 Å². The molecule has 3 N–H and O–H groups in total. The van der Waals surface area contributed by atoms with Crippen LogP contribution in [0.25, 0.3) is 0 Å². The van der Waals surface area contributed by atoms with Gasteiger partial charge in [0.15, 0.2) is 0 Å². The van der Waals surface area contributed by atoms with Crippen molar-refractivity contribution >= 4 is 23.3 Å². The molecule has 0 spiro atoms. The molecule has 1 unspecified atom stereocenters. The fraction of sp³-hybridized carbons (Fsp3) is 0.571. The summed E-state index contributed by atoms with van der Waals surface area (Å²) in [4.78, 5) is 23.8. The number of rotatable bonds is 6. The first-order valence-corrected chi connectivity index (χ1v) is 7.43. The number of aliphatic carboxylic acids is 1. The number of carboxylic acid groups (broad SMARTS) is 1. The van der Waals surface area contributed by atoms with E-state index < -0.39 is 11.9 Å². The van der Waals surface area contributed by atoms with Crippen molar-refractivity contribution in [1.29, 1.82) is 0 Å². The van der Waals surface area contributed by atoms with Crippen molar-refractivity contribution in [2.75, 3.05) is 6.54 Å². The van der Waals surface area contributed by atoms with Crippen molar-refractivity contribution in [3.8, 4) is 0 Å². The van der Waals surface area contributed by atoms with Crippen LogP contribution in [0.15, 0.2) is 17.5 Å². The summed E-state index contributed by atoms with van der Waals surface area (Å²) < 4.78 is 0. The Morgan fingerprint density at radius 1 is 1.35 bits per heavy atom. The second-order valence-corrected chi connectivity index (χ2v) is 6.98. The number of carbonyl (C=O) groups is 2. The standard InChI is InChI=1S/C14H22N2O3S/c1-14(2,3)7-10(12(17)18)8-15-13(19)16-9-11-5-4-6-20-11/h4-6,10H,7-9H2,1-3H3,(H,17,18)(H2,15,16,19). The SMILES string of the molecule is CC(C)(C)CC(CNC(=O)NCc1cccs1)C(=O)O. The maximum atomic E-state index is 11.6. The fourth-order valence-electron chi connectivity index (χ4n) is 1.84. The number of thiophene rings is 1.